The number of anilines is 1. The molecule has 130 valence electrons. The molecule has 0 aliphatic carbocycles. The van der Waals surface area contributed by atoms with Crippen LogP contribution in [0, 0.1) is 0 Å². The van der Waals surface area contributed by atoms with E-state index in [9.17, 15) is 13.2 Å². The molecule has 0 saturated carbocycles. The highest BCUT2D eigenvalue weighted by Crippen LogP contribution is 2.28. The van der Waals surface area contributed by atoms with Gasteiger partial charge in [-0.2, -0.15) is 0 Å². The quantitative estimate of drug-likeness (QED) is 0.711. The van der Waals surface area contributed by atoms with Gasteiger partial charge in [0.1, 0.15) is 0 Å². The van der Waals surface area contributed by atoms with Crippen molar-refractivity contribution in [2.24, 2.45) is 0 Å². The molecule has 3 rings (SSSR count). The Hall–Kier alpha value is -1.96. The van der Waals surface area contributed by atoms with E-state index in [4.69, 9.17) is 11.6 Å². The molecule has 1 heterocycles. The van der Waals surface area contributed by atoms with Gasteiger partial charge in [0.2, 0.25) is 5.91 Å². The Morgan fingerprint density at radius 3 is 2.60 bits per heavy atom. The summed E-state index contributed by atoms with van der Waals surface area (Å²) in [4.78, 5) is 16.8. The Balaban J connectivity index is 1.69. The molecule has 0 radical (unpaired) electrons. The second-order valence-electron chi connectivity index (χ2n) is 5.40. The summed E-state index contributed by atoms with van der Waals surface area (Å²) in [7, 11) is -3.23. The molecule has 5 nitrogen and oxygen atoms in total. The largest absolute Gasteiger partial charge is 0.302 e. The number of carbonyl (C=O) groups is 1. The number of aromatic nitrogens is 1. The summed E-state index contributed by atoms with van der Waals surface area (Å²) in [6.45, 7) is 1.60. The van der Waals surface area contributed by atoms with Crippen LogP contribution in [0.25, 0.3) is 10.2 Å². The van der Waals surface area contributed by atoms with Gasteiger partial charge in [0.15, 0.2) is 15.0 Å². The summed E-state index contributed by atoms with van der Waals surface area (Å²) in [5, 5.41) is 3.89. The smallest absolute Gasteiger partial charge is 0.230 e. The van der Waals surface area contributed by atoms with Crippen molar-refractivity contribution in [2.45, 2.75) is 18.2 Å². The minimum atomic E-state index is -3.23. The van der Waals surface area contributed by atoms with E-state index in [2.05, 4.69) is 10.3 Å². The highest BCUT2D eigenvalue weighted by Gasteiger charge is 2.12. The van der Waals surface area contributed by atoms with Crippen LogP contribution in [0.2, 0.25) is 5.02 Å². The van der Waals surface area contributed by atoms with Gasteiger partial charge < -0.3 is 5.32 Å². The van der Waals surface area contributed by atoms with Gasteiger partial charge >= 0.3 is 0 Å². The third kappa shape index (κ3) is 4.18. The molecule has 0 saturated heterocycles. The van der Waals surface area contributed by atoms with Gasteiger partial charge in [-0.3, -0.25) is 4.79 Å². The fraction of sp³-hybridized carbons (Fsp3) is 0.176. The van der Waals surface area contributed by atoms with Crippen molar-refractivity contribution in [3.05, 3.63) is 53.1 Å². The monoisotopic (exact) mass is 394 g/mol. The van der Waals surface area contributed by atoms with E-state index >= 15 is 0 Å². The van der Waals surface area contributed by atoms with E-state index < -0.39 is 9.84 Å². The number of halogens is 1. The lowest BCUT2D eigenvalue weighted by Gasteiger charge is -2.04. The molecule has 3 aromatic rings. The SMILES string of the molecule is CCS(=O)(=O)c1ccc(CC(=O)Nc2nc3ccc(Cl)cc3s2)cc1. The molecule has 0 atom stereocenters. The van der Waals surface area contributed by atoms with Crippen LogP contribution in [0.15, 0.2) is 47.4 Å². The summed E-state index contributed by atoms with van der Waals surface area (Å²) < 4.78 is 24.5. The second kappa shape index (κ2) is 7.11. The molecule has 2 aromatic carbocycles. The van der Waals surface area contributed by atoms with Crippen LogP contribution < -0.4 is 5.32 Å². The fourth-order valence-electron chi connectivity index (χ4n) is 2.28. The van der Waals surface area contributed by atoms with Crippen LogP contribution in [0.5, 0.6) is 0 Å². The Morgan fingerprint density at radius 1 is 1.20 bits per heavy atom. The zero-order valence-electron chi connectivity index (χ0n) is 13.3. The zero-order valence-corrected chi connectivity index (χ0v) is 15.7. The van der Waals surface area contributed by atoms with E-state index in [1.54, 1.807) is 37.3 Å². The lowest BCUT2D eigenvalue weighted by Crippen LogP contribution is -2.14. The zero-order chi connectivity index (χ0) is 18.0. The van der Waals surface area contributed by atoms with Crippen molar-refractivity contribution in [2.75, 3.05) is 11.1 Å². The average molecular weight is 395 g/mol. The summed E-state index contributed by atoms with van der Waals surface area (Å²) in [6.07, 6.45) is 0.142. The van der Waals surface area contributed by atoms with Gasteiger partial charge in [-0.1, -0.05) is 42.0 Å². The van der Waals surface area contributed by atoms with Gasteiger partial charge in [0.25, 0.3) is 0 Å². The number of rotatable bonds is 5. The minimum Gasteiger partial charge on any atom is -0.302 e. The Morgan fingerprint density at radius 2 is 1.92 bits per heavy atom. The molecular weight excluding hydrogens is 380 g/mol. The number of sulfone groups is 1. The number of carbonyl (C=O) groups excluding carboxylic acids is 1. The second-order valence-corrected chi connectivity index (χ2v) is 9.15. The highest BCUT2D eigenvalue weighted by molar-refractivity contribution is 7.91. The van der Waals surface area contributed by atoms with Crippen molar-refractivity contribution >= 4 is 54.0 Å². The van der Waals surface area contributed by atoms with Crippen LogP contribution in [0.4, 0.5) is 5.13 Å². The Labute approximate surface area is 154 Å². The van der Waals surface area contributed by atoms with Crippen molar-refractivity contribution < 1.29 is 13.2 Å². The molecule has 25 heavy (non-hydrogen) atoms. The number of thiazole rings is 1. The topological polar surface area (TPSA) is 76.1 Å². The normalized spacial score (nSPS) is 11.6. The van der Waals surface area contributed by atoms with Gasteiger partial charge in [0, 0.05) is 5.02 Å². The average Bonchev–Trinajstić information content (AvgIpc) is 2.96. The lowest BCUT2D eigenvalue weighted by molar-refractivity contribution is -0.115. The van der Waals surface area contributed by atoms with E-state index in [0.717, 1.165) is 15.8 Å². The van der Waals surface area contributed by atoms with Crippen molar-refractivity contribution in [3.8, 4) is 0 Å². The molecule has 8 heteroatoms. The minimum absolute atomic E-state index is 0.0501. The number of amides is 1. The maximum Gasteiger partial charge on any atom is 0.230 e. The molecule has 0 unspecified atom stereocenters. The maximum atomic E-state index is 12.2. The number of nitrogens with zero attached hydrogens (tertiary/aromatic N) is 1. The van der Waals surface area contributed by atoms with Crippen LogP contribution in [0.1, 0.15) is 12.5 Å². The van der Waals surface area contributed by atoms with Crippen molar-refractivity contribution in [3.63, 3.8) is 0 Å². The molecule has 1 N–H and O–H groups in total. The molecule has 0 aliphatic heterocycles. The van der Waals surface area contributed by atoms with Gasteiger partial charge in [-0.15, -0.1) is 0 Å². The first kappa shape index (κ1) is 17.8. The van der Waals surface area contributed by atoms with Gasteiger partial charge in [0.05, 0.1) is 27.3 Å². The summed E-state index contributed by atoms with van der Waals surface area (Å²) in [5.41, 5.74) is 1.51. The fourth-order valence-corrected chi connectivity index (χ4v) is 4.32. The number of nitrogens with one attached hydrogen (secondary N) is 1. The van der Waals surface area contributed by atoms with Crippen LogP contribution in [0.3, 0.4) is 0 Å². The van der Waals surface area contributed by atoms with Crippen molar-refractivity contribution in [1.82, 2.24) is 4.98 Å². The van der Waals surface area contributed by atoms with E-state index in [0.29, 0.717) is 10.2 Å². The van der Waals surface area contributed by atoms with Crippen LogP contribution >= 0.6 is 22.9 Å². The first-order valence-corrected chi connectivity index (χ1v) is 10.4. The third-order valence-corrected chi connectivity index (χ3v) is 6.54. The summed E-state index contributed by atoms with van der Waals surface area (Å²) >= 11 is 7.30. The molecular formula is C17H15ClN2O3S2. The molecule has 0 spiro atoms. The number of hydrogen-bond donors (Lipinski definition) is 1. The molecule has 1 aromatic heterocycles. The Bertz CT molecular complexity index is 1030. The number of fused-ring (bicyclic) bond motifs is 1. The lowest BCUT2D eigenvalue weighted by atomic mass is 10.1. The predicted molar refractivity (Wildman–Crippen MR) is 101 cm³/mol. The first-order valence-electron chi connectivity index (χ1n) is 7.55. The molecule has 0 aliphatic rings. The van der Waals surface area contributed by atoms with Crippen LogP contribution in [-0.2, 0) is 21.1 Å². The van der Waals surface area contributed by atoms with E-state index in [1.165, 1.54) is 23.5 Å². The summed E-state index contributed by atoms with van der Waals surface area (Å²) in [5.74, 6) is -0.162. The highest BCUT2D eigenvalue weighted by atomic mass is 35.5. The third-order valence-electron chi connectivity index (χ3n) is 3.62. The van der Waals surface area contributed by atoms with Gasteiger partial charge in [-0.05, 0) is 35.9 Å². The predicted octanol–water partition coefficient (Wildman–Crippen LogP) is 3.92. The molecule has 0 fully saturated rings. The summed E-state index contributed by atoms with van der Waals surface area (Å²) in [6, 6.07) is 11.7. The maximum absolute atomic E-state index is 12.2. The molecule has 1 amide bonds. The number of hydrogen-bond acceptors (Lipinski definition) is 5. The standard InChI is InChI=1S/C17H15ClN2O3S2/c1-2-25(22,23)13-6-3-11(4-7-13)9-16(21)20-17-19-14-8-5-12(18)10-15(14)24-17/h3-8,10H,2,9H2,1H3,(H,19,20,21). The number of benzene rings is 2. The van der Waals surface area contributed by atoms with Crippen LogP contribution in [-0.4, -0.2) is 25.1 Å². The van der Waals surface area contributed by atoms with Gasteiger partial charge in [-0.25, -0.2) is 13.4 Å². The Kier molecular flexibility index (Phi) is 5.08. The van der Waals surface area contributed by atoms with Crippen molar-refractivity contribution in [1.29, 1.82) is 0 Å². The van der Waals surface area contributed by atoms with E-state index in [1.807, 2.05) is 0 Å². The first-order chi connectivity index (χ1) is 11.9. The van der Waals surface area contributed by atoms with E-state index in [-0.39, 0.29) is 23.0 Å². The molecule has 0 bridgehead atoms.